The Labute approximate surface area is 142 Å². The normalized spacial score (nSPS) is 13.8. The quantitative estimate of drug-likeness (QED) is 0.665. The summed E-state index contributed by atoms with van der Waals surface area (Å²) in [6, 6.07) is 6.45. The maximum absolute atomic E-state index is 13.0. The largest absolute Gasteiger partial charge is 0.451 e. The molecule has 1 atom stereocenters. The standard InChI is InChI=1S/C16H18F3N3OS/c1-9(12(23)22-15(2,3)4)24-13-10-7-5-6-8-11(10)20-14(21-13)16(17,18)19/h5-9H,1-4H3,(H,22,23)/t9-/m1/s1. The van der Waals surface area contributed by atoms with E-state index in [1.54, 1.807) is 25.1 Å². The number of nitrogens with one attached hydrogen (secondary N) is 1. The highest BCUT2D eigenvalue weighted by Gasteiger charge is 2.36. The Balaban J connectivity index is 2.38. The van der Waals surface area contributed by atoms with Gasteiger partial charge in [0.05, 0.1) is 10.8 Å². The molecule has 0 unspecified atom stereocenters. The van der Waals surface area contributed by atoms with Gasteiger partial charge in [0.25, 0.3) is 0 Å². The minimum Gasteiger partial charge on any atom is -0.351 e. The fourth-order valence-electron chi connectivity index (χ4n) is 1.96. The molecular formula is C16H18F3N3OS. The van der Waals surface area contributed by atoms with Gasteiger partial charge in [-0.25, -0.2) is 9.97 Å². The molecule has 8 heteroatoms. The highest BCUT2D eigenvalue weighted by molar-refractivity contribution is 8.00. The third-order valence-corrected chi connectivity index (χ3v) is 4.08. The molecule has 0 saturated heterocycles. The Morgan fingerprint density at radius 3 is 2.38 bits per heavy atom. The number of carbonyl (C=O) groups excluding carboxylic acids is 1. The van der Waals surface area contributed by atoms with Crippen LogP contribution < -0.4 is 5.32 Å². The van der Waals surface area contributed by atoms with Gasteiger partial charge in [-0.2, -0.15) is 13.2 Å². The first-order valence-electron chi connectivity index (χ1n) is 7.30. The van der Waals surface area contributed by atoms with E-state index in [2.05, 4.69) is 15.3 Å². The zero-order chi connectivity index (χ0) is 18.1. The molecule has 0 aliphatic heterocycles. The summed E-state index contributed by atoms with van der Waals surface area (Å²) in [7, 11) is 0. The number of thioether (sulfide) groups is 1. The molecule has 1 aromatic heterocycles. The summed E-state index contributed by atoms with van der Waals surface area (Å²) in [6.45, 7) is 7.15. The van der Waals surface area contributed by atoms with Crippen LogP contribution >= 0.6 is 11.8 Å². The third kappa shape index (κ3) is 4.59. The number of halogens is 3. The number of aromatic nitrogens is 2. The van der Waals surface area contributed by atoms with Crippen molar-refractivity contribution in [2.45, 2.75) is 49.7 Å². The van der Waals surface area contributed by atoms with E-state index >= 15 is 0 Å². The van der Waals surface area contributed by atoms with Crippen molar-refractivity contribution in [1.82, 2.24) is 15.3 Å². The summed E-state index contributed by atoms with van der Waals surface area (Å²) in [5.41, 5.74) is -0.220. The summed E-state index contributed by atoms with van der Waals surface area (Å²) < 4.78 is 39.0. The van der Waals surface area contributed by atoms with Crippen LogP contribution in [0.5, 0.6) is 0 Å². The van der Waals surface area contributed by atoms with Gasteiger partial charge >= 0.3 is 6.18 Å². The average Bonchev–Trinajstić information content (AvgIpc) is 2.44. The molecular weight excluding hydrogens is 339 g/mol. The molecule has 0 aliphatic rings. The molecule has 1 N–H and O–H groups in total. The molecule has 24 heavy (non-hydrogen) atoms. The fourth-order valence-corrected chi connectivity index (χ4v) is 2.90. The first-order chi connectivity index (χ1) is 11.0. The second-order valence-electron chi connectivity index (χ2n) is 6.37. The molecule has 0 radical (unpaired) electrons. The number of carbonyl (C=O) groups is 1. The Kier molecular flexibility index (Phi) is 5.08. The Morgan fingerprint density at radius 2 is 1.79 bits per heavy atom. The highest BCUT2D eigenvalue weighted by Crippen LogP contribution is 2.33. The number of hydrogen-bond donors (Lipinski definition) is 1. The number of alkyl halides is 3. The number of hydrogen-bond acceptors (Lipinski definition) is 4. The highest BCUT2D eigenvalue weighted by atomic mass is 32.2. The minimum atomic E-state index is -4.64. The lowest BCUT2D eigenvalue weighted by Gasteiger charge is -2.23. The van der Waals surface area contributed by atoms with Gasteiger partial charge in [0, 0.05) is 10.9 Å². The predicted octanol–water partition coefficient (Wildman–Crippen LogP) is 4.04. The van der Waals surface area contributed by atoms with E-state index in [-0.39, 0.29) is 16.4 Å². The van der Waals surface area contributed by atoms with Crippen molar-refractivity contribution in [3.8, 4) is 0 Å². The number of benzene rings is 1. The van der Waals surface area contributed by atoms with E-state index in [1.165, 1.54) is 6.07 Å². The second kappa shape index (κ2) is 6.58. The lowest BCUT2D eigenvalue weighted by atomic mass is 10.1. The van der Waals surface area contributed by atoms with Gasteiger partial charge in [-0.3, -0.25) is 4.79 Å². The molecule has 4 nitrogen and oxygen atoms in total. The molecule has 1 amide bonds. The lowest BCUT2D eigenvalue weighted by Crippen LogP contribution is -2.44. The van der Waals surface area contributed by atoms with E-state index < -0.39 is 22.8 Å². The topological polar surface area (TPSA) is 54.9 Å². The van der Waals surface area contributed by atoms with Gasteiger partial charge in [0.15, 0.2) is 0 Å². The molecule has 2 rings (SSSR count). The van der Waals surface area contributed by atoms with Crippen molar-refractivity contribution in [1.29, 1.82) is 0 Å². The molecule has 0 saturated carbocycles. The van der Waals surface area contributed by atoms with E-state index in [1.807, 2.05) is 20.8 Å². The number of para-hydroxylation sites is 1. The maximum atomic E-state index is 13.0. The summed E-state index contributed by atoms with van der Waals surface area (Å²) in [5, 5.41) is 2.85. The summed E-state index contributed by atoms with van der Waals surface area (Å²) >= 11 is 0.989. The number of amides is 1. The molecule has 2 aromatic rings. The van der Waals surface area contributed by atoms with Crippen molar-refractivity contribution >= 4 is 28.6 Å². The van der Waals surface area contributed by atoms with Gasteiger partial charge < -0.3 is 5.32 Å². The Hall–Kier alpha value is -1.83. The summed E-state index contributed by atoms with van der Waals surface area (Å²) in [5.74, 6) is -1.46. The fraction of sp³-hybridized carbons (Fsp3) is 0.438. The van der Waals surface area contributed by atoms with E-state index in [4.69, 9.17) is 0 Å². The van der Waals surface area contributed by atoms with E-state index in [0.29, 0.717) is 5.39 Å². The molecule has 1 aromatic carbocycles. The monoisotopic (exact) mass is 357 g/mol. The molecule has 0 spiro atoms. The van der Waals surface area contributed by atoms with Crippen molar-refractivity contribution < 1.29 is 18.0 Å². The molecule has 0 bridgehead atoms. The van der Waals surface area contributed by atoms with Crippen LogP contribution in [0.25, 0.3) is 10.9 Å². The summed E-state index contributed by atoms with van der Waals surface area (Å²) in [6.07, 6.45) is -4.64. The van der Waals surface area contributed by atoms with Crippen LogP contribution in [0.2, 0.25) is 0 Å². The second-order valence-corrected chi connectivity index (χ2v) is 7.70. The third-order valence-electron chi connectivity index (χ3n) is 2.98. The zero-order valence-corrected chi connectivity index (χ0v) is 14.5. The van der Waals surface area contributed by atoms with Crippen LogP contribution in [0, 0.1) is 0 Å². The van der Waals surface area contributed by atoms with Crippen LogP contribution in [-0.4, -0.2) is 26.7 Å². The predicted molar refractivity (Wildman–Crippen MR) is 87.8 cm³/mol. The van der Waals surface area contributed by atoms with Gasteiger partial charge in [-0.05, 0) is 33.8 Å². The first kappa shape index (κ1) is 18.5. The van der Waals surface area contributed by atoms with Crippen molar-refractivity contribution in [3.05, 3.63) is 30.1 Å². The maximum Gasteiger partial charge on any atom is 0.451 e. The van der Waals surface area contributed by atoms with Gasteiger partial charge in [-0.1, -0.05) is 30.0 Å². The zero-order valence-electron chi connectivity index (χ0n) is 13.7. The molecule has 1 heterocycles. The van der Waals surface area contributed by atoms with E-state index in [0.717, 1.165) is 11.8 Å². The van der Waals surface area contributed by atoms with Gasteiger partial charge in [-0.15, -0.1) is 0 Å². The van der Waals surface area contributed by atoms with Crippen LogP contribution in [-0.2, 0) is 11.0 Å². The van der Waals surface area contributed by atoms with Crippen LogP contribution in [0.15, 0.2) is 29.3 Å². The Morgan fingerprint density at radius 1 is 1.17 bits per heavy atom. The van der Waals surface area contributed by atoms with Crippen LogP contribution in [0.1, 0.15) is 33.5 Å². The van der Waals surface area contributed by atoms with Crippen molar-refractivity contribution in [3.63, 3.8) is 0 Å². The molecule has 0 fully saturated rings. The Bertz CT molecular complexity index is 756. The number of rotatable bonds is 3. The lowest BCUT2D eigenvalue weighted by molar-refractivity contribution is -0.145. The van der Waals surface area contributed by atoms with Crippen LogP contribution in [0.3, 0.4) is 0 Å². The van der Waals surface area contributed by atoms with Crippen LogP contribution in [0.4, 0.5) is 13.2 Å². The smallest absolute Gasteiger partial charge is 0.351 e. The number of fused-ring (bicyclic) bond motifs is 1. The summed E-state index contributed by atoms with van der Waals surface area (Å²) in [4.78, 5) is 19.4. The first-order valence-corrected chi connectivity index (χ1v) is 8.18. The van der Waals surface area contributed by atoms with Crippen molar-refractivity contribution in [2.24, 2.45) is 0 Å². The molecule has 0 aliphatic carbocycles. The van der Waals surface area contributed by atoms with Gasteiger partial charge in [0.2, 0.25) is 11.7 Å². The average molecular weight is 357 g/mol. The minimum absolute atomic E-state index is 0.143. The van der Waals surface area contributed by atoms with E-state index in [9.17, 15) is 18.0 Å². The number of nitrogens with zero attached hydrogens (tertiary/aromatic N) is 2. The van der Waals surface area contributed by atoms with Crippen molar-refractivity contribution in [2.75, 3.05) is 0 Å². The molecule has 130 valence electrons. The van der Waals surface area contributed by atoms with Gasteiger partial charge in [0.1, 0.15) is 5.03 Å². The SMILES string of the molecule is C[C@@H](Sc1nc(C(F)(F)F)nc2ccccc12)C(=O)NC(C)(C)C.